The third-order valence-corrected chi connectivity index (χ3v) is 2.64. The molecule has 0 atom stereocenters. The SMILES string of the molecule is CNc1nc(-c2c(OC)cccc2OC)n(C)n1. The highest BCUT2D eigenvalue weighted by atomic mass is 16.5. The summed E-state index contributed by atoms with van der Waals surface area (Å²) < 4.78 is 12.4. The van der Waals surface area contributed by atoms with Gasteiger partial charge in [-0.05, 0) is 12.1 Å². The summed E-state index contributed by atoms with van der Waals surface area (Å²) >= 11 is 0. The zero-order chi connectivity index (χ0) is 13.1. The van der Waals surface area contributed by atoms with Crippen LogP contribution in [0.25, 0.3) is 11.4 Å². The van der Waals surface area contributed by atoms with E-state index in [1.165, 1.54) is 0 Å². The molecule has 1 aromatic heterocycles. The van der Waals surface area contributed by atoms with E-state index in [4.69, 9.17) is 9.47 Å². The number of benzene rings is 1. The number of aromatic nitrogens is 3. The zero-order valence-corrected chi connectivity index (χ0v) is 10.9. The van der Waals surface area contributed by atoms with E-state index in [9.17, 15) is 0 Å². The highest BCUT2D eigenvalue weighted by Crippen LogP contribution is 2.37. The van der Waals surface area contributed by atoms with Crippen molar-refractivity contribution in [1.29, 1.82) is 0 Å². The zero-order valence-electron chi connectivity index (χ0n) is 10.9. The number of methoxy groups -OCH3 is 2. The molecular formula is C12H16N4O2. The number of nitrogens with zero attached hydrogens (tertiary/aromatic N) is 3. The average molecular weight is 248 g/mol. The van der Waals surface area contributed by atoms with Gasteiger partial charge < -0.3 is 14.8 Å². The highest BCUT2D eigenvalue weighted by molar-refractivity contribution is 5.72. The molecule has 0 aliphatic carbocycles. The van der Waals surface area contributed by atoms with Crippen LogP contribution in [0.15, 0.2) is 18.2 Å². The number of aryl methyl sites for hydroxylation is 1. The van der Waals surface area contributed by atoms with Gasteiger partial charge in [0, 0.05) is 14.1 Å². The summed E-state index contributed by atoms with van der Waals surface area (Å²) in [7, 11) is 6.84. The van der Waals surface area contributed by atoms with Crippen molar-refractivity contribution in [3.63, 3.8) is 0 Å². The molecule has 0 spiro atoms. The van der Waals surface area contributed by atoms with Crippen molar-refractivity contribution >= 4 is 5.95 Å². The number of nitrogens with one attached hydrogen (secondary N) is 1. The fourth-order valence-electron chi connectivity index (χ4n) is 1.78. The van der Waals surface area contributed by atoms with Crippen LogP contribution in [0.5, 0.6) is 11.5 Å². The molecule has 1 N–H and O–H groups in total. The summed E-state index contributed by atoms with van der Waals surface area (Å²) in [4.78, 5) is 4.40. The predicted molar refractivity (Wildman–Crippen MR) is 69.1 cm³/mol. The van der Waals surface area contributed by atoms with Gasteiger partial charge in [0.25, 0.3) is 0 Å². The summed E-state index contributed by atoms with van der Waals surface area (Å²) in [6.07, 6.45) is 0. The minimum Gasteiger partial charge on any atom is -0.496 e. The van der Waals surface area contributed by atoms with Crippen LogP contribution < -0.4 is 14.8 Å². The maximum absolute atomic E-state index is 5.36. The van der Waals surface area contributed by atoms with E-state index in [2.05, 4.69) is 15.4 Å². The Morgan fingerprint density at radius 2 is 1.78 bits per heavy atom. The van der Waals surface area contributed by atoms with Gasteiger partial charge in [-0.1, -0.05) is 6.07 Å². The fourth-order valence-corrected chi connectivity index (χ4v) is 1.78. The lowest BCUT2D eigenvalue weighted by atomic mass is 10.1. The number of ether oxygens (including phenoxy) is 2. The molecule has 0 unspecified atom stereocenters. The largest absolute Gasteiger partial charge is 0.496 e. The summed E-state index contributed by atoms with van der Waals surface area (Å²) in [5.74, 6) is 2.65. The molecule has 1 heterocycles. The lowest BCUT2D eigenvalue weighted by Gasteiger charge is -2.11. The summed E-state index contributed by atoms with van der Waals surface area (Å²) in [5.41, 5.74) is 0.791. The molecular weight excluding hydrogens is 232 g/mol. The Balaban J connectivity index is 2.64. The smallest absolute Gasteiger partial charge is 0.242 e. The Morgan fingerprint density at radius 3 is 2.22 bits per heavy atom. The third kappa shape index (κ3) is 1.97. The van der Waals surface area contributed by atoms with Crippen molar-refractivity contribution < 1.29 is 9.47 Å². The molecule has 6 heteroatoms. The Hall–Kier alpha value is -2.24. The monoisotopic (exact) mass is 248 g/mol. The molecule has 0 radical (unpaired) electrons. The molecule has 0 saturated heterocycles. The number of rotatable bonds is 4. The molecule has 2 rings (SSSR count). The normalized spacial score (nSPS) is 10.2. The van der Waals surface area contributed by atoms with Crippen molar-refractivity contribution in [1.82, 2.24) is 14.8 Å². The van der Waals surface area contributed by atoms with Gasteiger partial charge in [-0.15, -0.1) is 5.10 Å². The molecule has 6 nitrogen and oxygen atoms in total. The van der Waals surface area contributed by atoms with Crippen LogP contribution in [0.4, 0.5) is 5.95 Å². The van der Waals surface area contributed by atoms with Crippen molar-refractivity contribution in [2.45, 2.75) is 0 Å². The maximum atomic E-state index is 5.36. The molecule has 96 valence electrons. The van der Waals surface area contributed by atoms with E-state index >= 15 is 0 Å². The number of anilines is 1. The van der Waals surface area contributed by atoms with Gasteiger partial charge in [-0.25, -0.2) is 4.68 Å². The minimum absolute atomic E-state index is 0.556. The quantitative estimate of drug-likeness (QED) is 0.889. The second-order valence-corrected chi connectivity index (χ2v) is 3.67. The summed E-state index contributed by atoms with van der Waals surface area (Å²) in [6, 6.07) is 5.60. The second kappa shape index (κ2) is 4.95. The van der Waals surface area contributed by atoms with Gasteiger partial charge in [0.05, 0.1) is 14.2 Å². The van der Waals surface area contributed by atoms with Gasteiger partial charge in [0.2, 0.25) is 5.95 Å². The van der Waals surface area contributed by atoms with Crippen LogP contribution in [-0.2, 0) is 7.05 Å². The molecule has 0 saturated carbocycles. The molecule has 0 bridgehead atoms. The average Bonchev–Trinajstić information content (AvgIpc) is 2.78. The minimum atomic E-state index is 0.556. The Kier molecular flexibility index (Phi) is 3.36. The molecule has 1 aromatic carbocycles. The summed E-state index contributed by atoms with van der Waals surface area (Å²) in [6.45, 7) is 0. The number of hydrogen-bond donors (Lipinski definition) is 1. The maximum Gasteiger partial charge on any atom is 0.242 e. The lowest BCUT2D eigenvalue weighted by molar-refractivity contribution is 0.396. The molecule has 18 heavy (non-hydrogen) atoms. The standard InChI is InChI=1S/C12H16N4O2/c1-13-12-14-11(16(2)15-12)10-8(17-3)6-5-7-9(10)18-4/h5-7H,1-4H3,(H,13,15). The summed E-state index contributed by atoms with van der Waals surface area (Å²) in [5, 5.41) is 7.15. The van der Waals surface area contributed by atoms with Gasteiger partial charge >= 0.3 is 0 Å². The third-order valence-electron chi connectivity index (χ3n) is 2.64. The van der Waals surface area contributed by atoms with E-state index in [-0.39, 0.29) is 0 Å². The van der Waals surface area contributed by atoms with Crippen molar-refractivity contribution in [2.75, 3.05) is 26.6 Å². The molecule has 0 fully saturated rings. The topological polar surface area (TPSA) is 61.2 Å². The first-order valence-electron chi connectivity index (χ1n) is 5.51. The van der Waals surface area contributed by atoms with Crippen molar-refractivity contribution in [3.05, 3.63) is 18.2 Å². The van der Waals surface area contributed by atoms with E-state index in [1.807, 2.05) is 25.2 Å². The molecule has 2 aromatic rings. The van der Waals surface area contributed by atoms with E-state index in [1.54, 1.807) is 25.9 Å². The van der Waals surface area contributed by atoms with Crippen molar-refractivity contribution in [2.24, 2.45) is 7.05 Å². The van der Waals surface area contributed by atoms with Gasteiger partial charge in [0.15, 0.2) is 5.82 Å². The Labute approximate surface area is 106 Å². The second-order valence-electron chi connectivity index (χ2n) is 3.67. The first-order chi connectivity index (χ1) is 8.71. The van der Waals surface area contributed by atoms with Crippen LogP contribution >= 0.6 is 0 Å². The van der Waals surface area contributed by atoms with Crippen LogP contribution in [0.2, 0.25) is 0 Å². The van der Waals surface area contributed by atoms with E-state index in [0.717, 1.165) is 5.56 Å². The molecule has 0 amide bonds. The Morgan fingerprint density at radius 1 is 1.17 bits per heavy atom. The fraction of sp³-hybridized carbons (Fsp3) is 0.333. The molecule has 0 aliphatic rings. The van der Waals surface area contributed by atoms with Gasteiger partial charge in [-0.3, -0.25) is 0 Å². The van der Waals surface area contributed by atoms with E-state index in [0.29, 0.717) is 23.3 Å². The predicted octanol–water partition coefficient (Wildman–Crippen LogP) is 1.54. The van der Waals surface area contributed by atoms with Crippen molar-refractivity contribution in [3.8, 4) is 22.9 Å². The van der Waals surface area contributed by atoms with Crippen LogP contribution in [0.3, 0.4) is 0 Å². The van der Waals surface area contributed by atoms with Crippen LogP contribution in [0, 0.1) is 0 Å². The lowest BCUT2D eigenvalue weighted by Crippen LogP contribution is -1.99. The highest BCUT2D eigenvalue weighted by Gasteiger charge is 2.18. The first kappa shape index (κ1) is 12.2. The van der Waals surface area contributed by atoms with E-state index < -0.39 is 0 Å². The van der Waals surface area contributed by atoms with Gasteiger partial charge in [-0.2, -0.15) is 4.98 Å². The van der Waals surface area contributed by atoms with Crippen LogP contribution in [0.1, 0.15) is 0 Å². The number of hydrogen-bond acceptors (Lipinski definition) is 5. The first-order valence-corrected chi connectivity index (χ1v) is 5.51. The van der Waals surface area contributed by atoms with Crippen LogP contribution in [-0.4, -0.2) is 36.0 Å². The Bertz CT molecular complexity index is 529. The van der Waals surface area contributed by atoms with Gasteiger partial charge in [0.1, 0.15) is 17.1 Å². The molecule has 0 aliphatic heterocycles.